The SMILES string of the molecule is C=C(C)C(=O)OC1C2CC3C(OC(=O)C31)C2C(=O)OC(C(F)(F)F)C(F)(F)S(=O)(=O)O. The molecule has 31 heavy (non-hydrogen) atoms. The molecule has 2 bridgehead atoms. The van der Waals surface area contributed by atoms with Crippen molar-refractivity contribution < 1.29 is 63.5 Å². The molecule has 3 rings (SSSR count). The van der Waals surface area contributed by atoms with Gasteiger partial charge in [0.15, 0.2) is 0 Å². The van der Waals surface area contributed by atoms with Crippen LogP contribution in [0.2, 0.25) is 0 Å². The Labute approximate surface area is 171 Å². The number of rotatable bonds is 6. The van der Waals surface area contributed by atoms with E-state index in [1.807, 2.05) is 0 Å². The Kier molecular flexibility index (Phi) is 5.37. The molecule has 3 aliphatic rings. The Hall–Kier alpha value is -2.29. The zero-order valence-electron chi connectivity index (χ0n) is 15.5. The molecule has 2 aliphatic carbocycles. The van der Waals surface area contributed by atoms with Crippen molar-refractivity contribution in [1.29, 1.82) is 0 Å². The molecule has 2 saturated carbocycles. The predicted octanol–water partition coefficient (Wildman–Crippen LogP) is 1.24. The summed E-state index contributed by atoms with van der Waals surface area (Å²) in [7, 11) is -6.61. The van der Waals surface area contributed by atoms with E-state index in [2.05, 4.69) is 11.3 Å². The molecule has 1 heterocycles. The monoisotopic (exact) mass is 478 g/mol. The number of hydrogen-bond donors (Lipinski definition) is 1. The van der Waals surface area contributed by atoms with Gasteiger partial charge in [0, 0.05) is 17.4 Å². The molecule has 0 spiro atoms. The topological polar surface area (TPSA) is 133 Å². The second-order valence-electron chi connectivity index (χ2n) is 7.56. The first-order valence-electron chi connectivity index (χ1n) is 8.67. The fourth-order valence-corrected chi connectivity index (χ4v) is 4.79. The lowest BCUT2D eigenvalue weighted by Crippen LogP contribution is -2.54. The summed E-state index contributed by atoms with van der Waals surface area (Å²) in [4.78, 5) is 36.4. The van der Waals surface area contributed by atoms with Gasteiger partial charge in [0.1, 0.15) is 24.0 Å². The highest BCUT2D eigenvalue weighted by Gasteiger charge is 2.72. The zero-order chi connectivity index (χ0) is 23.7. The Balaban J connectivity index is 1.90. The summed E-state index contributed by atoms with van der Waals surface area (Å²) in [6, 6.07) is 0. The number of esters is 3. The molecule has 7 atom stereocenters. The van der Waals surface area contributed by atoms with Crippen LogP contribution in [0.4, 0.5) is 22.0 Å². The van der Waals surface area contributed by atoms with Gasteiger partial charge in [0.2, 0.25) is 0 Å². The van der Waals surface area contributed by atoms with Crippen LogP contribution < -0.4 is 0 Å². The summed E-state index contributed by atoms with van der Waals surface area (Å²) in [5, 5.41) is -5.90. The summed E-state index contributed by atoms with van der Waals surface area (Å²) in [5.74, 6) is -8.35. The second kappa shape index (κ2) is 7.12. The maximum Gasteiger partial charge on any atom is 0.432 e. The van der Waals surface area contributed by atoms with E-state index in [-0.39, 0.29) is 12.0 Å². The minimum Gasteiger partial charge on any atom is -0.461 e. The van der Waals surface area contributed by atoms with Gasteiger partial charge in [-0.05, 0) is 13.3 Å². The Morgan fingerprint density at radius 2 is 1.81 bits per heavy atom. The van der Waals surface area contributed by atoms with E-state index < -0.39 is 81.4 Å². The van der Waals surface area contributed by atoms with Crippen molar-refractivity contribution in [3.05, 3.63) is 12.2 Å². The van der Waals surface area contributed by atoms with Gasteiger partial charge in [-0.3, -0.25) is 14.1 Å². The van der Waals surface area contributed by atoms with Gasteiger partial charge >= 0.3 is 39.5 Å². The van der Waals surface area contributed by atoms with Crippen molar-refractivity contribution in [2.75, 3.05) is 0 Å². The number of hydrogen-bond acceptors (Lipinski definition) is 8. The smallest absolute Gasteiger partial charge is 0.432 e. The minimum atomic E-state index is -6.61. The molecule has 3 fully saturated rings. The van der Waals surface area contributed by atoms with Crippen LogP contribution in [0.25, 0.3) is 0 Å². The van der Waals surface area contributed by atoms with E-state index in [4.69, 9.17) is 14.0 Å². The summed E-state index contributed by atoms with van der Waals surface area (Å²) in [5.41, 5.74) is -0.0743. The second-order valence-corrected chi connectivity index (χ2v) is 9.06. The van der Waals surface area contributed by atoms with Gasteiger partial charge in [0.25, 0.3) is 6.10 Å². The van der Waals surface area contributed by atoms with Crippen molar-refractivity contribution in [2.24, 2.45) is 23.7 Å². The third-order valence-electron chi connectivity index (χ3n) is 5.59. The molecule has 15 heteroatoms. The number of alkyl halides is 5. The van der Waals surface area contributed by atoms with Gasteiger partial charge in [0.05, 0.1) is 0 Å². The number of carbonyl (C=O) groups excluding carboxylic acids is 3. The Morgan fingerprint density at radius 3 is 2.29 bits per heavy atom. The van der Waals surface area contributed by atoms with E-state index in [0.717, 1.165) is 0 Å². The van der Waals surface area contributed by atoms with E-state index >= 15 is 0 Å². The first-order valence-corrected chi connectivity index (χ1v) is 10.1. The lowest BCUT2D eigenvalue weighted by molar-refractivity contribution is -0.262. The van der Waals surface area contributed by atoms with E-state index in [0.29, 0.717) is 0 Å². The first-order chi connectivity index (χ1) is 14.0. The number of fused-ring (bicyclic) bond motifs is 1. The molecule has 1 aliphatic heterocycles. The molecular weight excluding hydrogens is 463 g/mol. The quantitative estimate of drug-likeness (QED) is 0.197. The van der Waals surface area contributed by atoms with Crippen LogP contribution in [0.3, 0.4) is 0 Å². The molecule has 0 aromatic carbocycles. The third kappa shape index (κ3) is 3.66. The number of halogens is 5. The van der Waals surface area contributed by atoms with Gasteiger partial charge in [-0.2, -0.15) is 30.4 Å². The summed E-state index contributed by atoms with van der Waals surface area (Å²) in [6.45, 7) is 4.62. The Bertz CT molecular complexity index is 944. The lowest BCUT2D eigenvalue weighted by Gasteiger charge is -2.32. The molecule has 0 aromatic heterocycles. The minimum absolute atomic E-state index is 0.0135. The molecular formula is C16H15F5O9S. The number of carbonyl (C=O) groups is 3. The summed E-state index contributed by atoms with van der Waals surface area (Å²) < 4.78 is 111. The average Bonchev–Trinajstić information content (AvgIpc) is 3.19. The molecule has 9 nitrogen and oxygen atoms in total. The van der Waals surface area contributed by atoms with Gasteiger partial charge in [-0.25, -0.2) is 4.79 Å². The lowest BCUT2D eigenvalue weighted by atomic mass is 9.80. The van der Waals surface area contributed by atoms with Crippen LogP contribution in [-0.2, 0) is 38.7 Å². The summed E-state index contributed by atoms with van der Waals surface area (Å²) >= 11 is 0. The highest BCUT2D eigenvalue weighted by atomic mass is 32.2. The van der Waals surface area contributed by atoms with Crippen LogP contribution in [0, 0.1) is 23.7 Å². The fraction of sp³-hybridized carbons (Fsp3) is 0.688. The van der Waals surface area contributed by atoms with Crippen molar-refractivity contribution >= 4 is 28.0 Å². The van der Waals surface area contributed by atoms with Gasteiger partial charge < -0.3 is 14.2 Å². The maximum atomic E-state index is 13.7. The van der Waals surface area contributed by atoms with Gasteiger partial charge in [-0.15, -0.1) is 0 Å². The zero-order valence-corrected chi connectivity index (χ0v) is 16.3. The van der Waals surface area contributed by atoms with E-state index in [1.54, 1.807) is 0 Å². The molecule has 0 radical (unpaired) electrons. The van der Waals surface area contributed by atoms with Crippen LogP contribution in [0.15, 0.2) is 12.2 Å². The molecule has 7 unspecified atom stereocenters. The molecule has 0 aromatic rings. The highest BCUT2D eigenvalue weighted by molar-refractivity contribution is 7.86. The van der Waals surface area contributed by atoms with E-state index in [1.165, 1.54) is 6.92 Å². The maximum absolute atomic E-state index is 13.7. The largest absolute Gasteiger partial charge is 0.461 e. The van der Waals surface area contributed by atoms with Crippen molar-refractivity contribution in [3.8, 4) is 0 Å². The summed E-state index contributed by atoms with van der Waals surface area (Å²) in [6.07, 6.45) is -13.2. The molecule has 0 amide bonds. The first kappa shape index (κ1) is 23.4. The van der Waals surface area contributed by atoms with Crippen molar-refractivity contribution in [1.82, 2.24) is 0 Å². The van der Waals surface area contributed by atoms with Crippen LogP contribution in [0.5, 0.6) is 0 Å². The predicted molar refractivity (Wildman–Crippen MR) is 85.6 cm³/mol. The van der Waals surface area contributed by atoms with Gasteiger partial charge in [-0.1, -0.05) is 6.58 Å². The highest BCUT2D eigenvalue weighted by Crippen LogP contribution is 2.59. The molecule has 1 saturated heterocycles. The average molecular weight is 478 g/mol. The van der Waals surface area contributed by atoms with Crippen molar-refractivity contribution in [3.63, 3.8) is 0 Å². The van der Waals surface area contributed by atoms with Crippen LogP contribution in [0.1, 0.15) is 13.3 Å². The molecule has 174 valence electrons. The Morgan fingerprint density at radius 1 is 1.23 bits per heavy atom. The van der Waals surface area contributed by atoms with Crippen molar-refractivity contribution in [2.45, 2.75) is 43.1 Å². The normalized spacial score (nSPS) is 33.1. The molecule has 1 N–H and O–H groups in total. The third-order valence-corrected chi connectivity index (χ3v) is 6.49. The van der Waals surface area contributed by atoms with Crippen LogP contribution >= 0.6 is 0 Å². The van der Waals surface area contributed by atoms with E-state index in [9.17, 15) is 44.8 Å². The fourth-order valence-electron chi connectivity index (χ4n) is 4.34. The van der Waals surface area contributed by atoms with Crippen LogP contribution in [-0.4, -0.2) is 60.6 Å². The standard InChI is InChI=1S/C16H15F5O9S/c1-4(2)11(22)28-9-6-3-5-7(9)12(23)29-10(5)8(6)13(24)30-14(15(17,18)19)16(20,21)31(25,26)27/h5-10,14H,1,3H2,2H3,(H,25,26,27). The number of ether oxygens (including phenoxy) is 3.